The summed E-state index contributed by atoms with van der Waals surface area (Å²) in [4.78, 5) is 0. The molecular weight excluding hydrogens is 458 g/mol. The summed E-state index contributed by atoms with van der Waals surface area (Å²) in [6.07, 6.45) is 19.9. The van der Waals surface area contributed by atoms with E-state index < -0.39 is 0 Å². The SMILES string of the molecule is C=CCCCCCCCCCCCCCC[N+](Cc1ccccc1)(Cc1ccccc1)Cc1ccccc1. The Bertz CT molecular complexity index is 862. The summed E-state index contributed by atoms with van der Waals surface area (Å²) in [5, 5.41) is 0. The highest BCUT2D eigenvalue weighted by Crippen LogP contribution is 2.26. The molecule has 1 nitrogen and oxygen atoms in total. The molecule has 204 valence electrons. The summed E-state index contributed by atoms with van der Waals surface area (Å²) < 4.78 is 1.09. The minimum absolute atomic E-state index is 1.08. The first-order valence-electron chi connectivity index (χ1n) is 15.4. The van der Waals surface area contributed by atoms with Gasteiger partial charge in [-0.05, 0) is 25.7 Å². The van der Waals surface area contributed by atoms with Crippen LogP contribution in [-0.4, -0.2) is 11.0 Å². The third-order valence-electron chi connectivity index (χ3n) is 7.87. The van der Waals surface area contributed by atoms with E-state index in [1.165, 1.54) is 107 Å². The molecule has 0 bridgehead atoms. The molecule has 0 unspecified atom stereocenters. The van der Waals surface area contributed by atoms with Crippen LogP contribution in [0.5, 0.6) is 0 Å². The third-order valence-corrected chi connectivity index (χ3v) is 7.87. The van der Waals surface area contributed by atoms with E-state index in [1.807, 2.05) is 0 Å². The summed E-state index contributed by atoms with van der Waals surface area (Å²) in [5.41, 5.74) is 4.33. The molecule has 0 aliphatic rings. The normalized spacial score (nSPS) is 11.5. The molecule has 0 spiro atoms. The molecule has 0 atom stereocenters. The van der Waals surface area contributed by atoms with Gasteiger partial charge in [-0.3, -0.25) is 0 Å². The van der Waals surface area contributed by atoms with Crippen molar-refractivity contribution in [3.8, 4) is 0 Å². The van der Waals surface area contributed by atoms with Gasteiger partial charge in [-0.25, -0.2) is 0 Å². The molecule has 3 rings (SSSR count). The highest BCUT2D eigenvalue weighted by molar-refractivity contribution is 5.17. The number of rotatable bonds is 21. The second-order valence-electron chi connectivity index (χ2n) is 11.3. The summed E-state index contributed by atoms with van der Waals surface area (Å²) >= 11 is 0. The fourth-order valence-corrected chi connectivity index (χ4v) is 5.82. The second-order valence-corrected chi connectivity index (χ2v) is 11.3. The van der Waals surface area contributed by atoms with Gasteiger partial charge >= 0.3 is 0 Å². The predicted molar refractivity (Wildman–Crippen MR) is 166 cm³/mol. The molecule has 3 aromatic rings. The fourth-order valence-electron chi connectivity index (χ4n) is 5.82. The van der Waals surface area contributed by atoms with Crippen LogP contribution in [0, 0.1) is 0 Å². The Hall–Kier alpha value is -2.64. The van der Waals surface area contributed by atoms with Crippen molar-refractivity contribution in [1.29, 1.82) is 0 Å². The van der Waals surface area contributed by atoms with Crippen molar-refractivity contribution in [2.24, 2.45) is 0 Å². The molecule has 0 radical (unpaired) electrons. The Morgan fingerprint density at radius 3 is 1.08 bits per heavy atom. The van der Waals surface area contributed by atoms with Crippen LogP contribution in [0.25, 0.3) is 0 Å². The largest absolute Gasteiger partial charge is 0.312 e. The van der Waals surface area contributed by atoms with Gasteiger partial charge in [0, 0.05) is 16.7 Å². The zero-order valence-electron chi connectivity index (χ0n) is 23.9. The van der Waals surface area contributed by atoms with E-state index in [-0.39, 0.29) is 0 Å². The molecule has 0 heterocycles. The number of hydrogen-bond donors (Lipinski definition) is 0. The smallest absolute Gasteiger partial charge is 0.105 e. The first kappa shape index (κ1) is 29.9. The van der Waals surface area contributed by atoms with Crippen LogP contribution in [0.1, 0.15) is 100 Å². The minimum atomic E-state index is 1.08. The second kappa shape index (κ2) is 18.6. The highest BCUT2D eigenvalue weighted by Gasteiger charge is 2.28. The van der Waals surface area contributed by atoms with E-state index >= 15 is 0 Å². The van der Waals surface area contributed by atoms with E-state index in [9.17, 15) is 0 Å². The lowest BCUT2D eigenvalue weighted by atomic mass is 10.0. The van der Waals surface area contributed by atoms with E-state index in [4.69, 9.17) is 0 Å². The van der Waals surface area contributed by atoms with Gasteiger partial charge in [0.05, 0.1) is 6.54 Å². The maximum Gasteiger partial charge on any atom is 0.105 e. The van der Waals surface area contributed by atoms with E-state index in [0.717, 1.165) is 24.1 Å². The summed E-state index contributed by atoms with van der Waals surface area (Å²) in [6.45, 7) is 8.29. The minimum Gasteiger partial charge on any atom is -0.312 e. The van der Waals surface area contributed by atoms with Crippen molar-refractivity contribution in [1.82, 2.24) is 0 Å². The van der Waals surface area contributed by atoms with Crippen molar-refractivity contribution in [2.45, 2.75) is 103 Å². The van der Waals surface area contributed by atoms with Crippen LogP contribution < -0.4 is 0 Å². The van der Waals surface area contributed by atoms with E-state index in [0.29, 0.717) is 0 Å². The quantitative estimate of drug-likeness (QED) is 0.0759. The number of unbranched alkanes of at least 4 members (excludes halogenated alkanes) is 12. The van der Waals surface area contributed by atoms with Crippen LogP contribution in [-0.2, 0) is 19.6 Å². The van der Waals surface area contributed by atoms with Crippen molar-refractivity contribution in [2.75, 3.05) is 6.54 Å². The van der Waals surface area contributed by atoms with Crippen LogP contribution in [0.15, 0.2) is 104 Å². The van der Waals surface area contributed by atoms with Gasteiger partial charge in [0.2, 0.25) is 0 Å². The van der Waals surface area contributed by atoms with Crippen molar-refractivity contribution in [3.63, 3.8) is 0 Å². The molecule has 38 heavy (non-hydrogen) atoms. The molecular formula is C37H52N+. The molecule has 0 fully saturated rings. The Balaban J connectivity index is 1.49. The molecule has 0 aromatic heterocycles. The molecule has 0 aliphatic heterocycles. The molecule has 0 saturated carbocycles. The van der Waals surface area contributed by atoms with Gasteiger partial charge in [-0.15, -0.1) is 6.58 Å². The Morgan fingerprint density at radius 1 is 0.421 bits per heavy atom. The topological polar surface area (TPSA) is 0 Å². The monoisotopic (exact) mass is 510 g/mol. The van der Waals surface area contributed by atoms with E-state index in [1.54, 1.807) is 0 Å². The highest BCUT2D eigenvalue weighted by atomic mass is 15.3. The molecule has 1 heteroatoms. The Labute approximate surface area is 234 Å². The average Bonchev–Trinajstić information content (AvgIpc) is 2.95. The number of benzene rings is 3. The summed E-state index contributed by atoms with van der Waals surface area (Å²) in [5.74, 6) is 0. The van der Waals surface area contributed by atoms with Gasteiger partial charge < -0.3 is 4.48 Å². The van der Waals surface area contributed by atoms with Crippen molar-refractivity contribution < 1.29 is 4.48 Å². The average molecular weight is 511 g/mol. The lowest BCUT2D eigenvalue weighted by Gasteiger charge is -2.39. The Morgan fingerprint density at radius 2 is 0.737 bits per heavy atom. The molecule has 0 amide bonds. The van der Waals surface area contributed by atoms with Crippen molar-refractivity contribution >= 4 is 0 Å². The fraction of sp³-hybridized carbons (Fsp3) is 0.459. The zero-order chi connectivity index (χ0) is 26.6. The number of hydrogen-bond acceptors (Lipinski definition) is 0. The number of quaternary nitrogens is 1. The van der Waals surface area contributed by atoms with Gasteiger partial charge in [0.1, 0.15) is 19.6 Å². The molecule has 0 saturated heterocycles. The van der Waals surface area contributed by atoms with Crippen LogP contribution >= 0.6 is 0 Å². The molecule has 3 aromatic carbocycles. The maximum atomic E-state index is 3.82. The zero-order valence-corrected chi connectivity index (χ0v) is 23.9. The predicted octanol–water partition coefficient (Wildman–Crippen LogP) is 10.7. The van der Waals surface area contributed by atoms with Gasteiger partial charge in [-0.2, -0.15) is 0 Å². The molecule has 0 N–H and O–H groups in total. The lowest BCUT2D eigenvalue weighted by Crippen LogP contribution is -2.46. The first-order valence-corrected chi connectivity index (χ1v) is 15.4. The maximum absolute atomic E-state index is 3.82. The molecule has 0 aliphatic carbocycles. The first-order chi connectivity index (χ1) is 18.8. The van der Waals surface area contributed by atoms with Crippen LogP contribution in [0.4, 0.5) is 0 Å². The standard InChI is InChI=1S/C37H52N/c1-2-3-4-5-6-7-8-9-10-11-12-13-14-24-31-38(32-35-25-18-15-19-26-35,33-36-27-20-16-21-28-36)34-37-29-22-17-23-30-37/h2,15-23,25-30H,1,3-14,24,31-34H2/q+1. The van der Waals surface area contributed by atoms with Gasteiger partial charge in [0.15, 0.2) is 0 Å². The van der Waals surface area contributed by atoms with Crippen LogP contribution in [0.2, 0.25) is 0 Å². The van der Waals surface area contributed by atoms with Gasteiger partial charge in [0.25, 0.3) is 0 Å². The summed E-state index contributed by atoms with van der Waals surface area (Å²) in [7, 11) is 0. The van der Waals surface area contributed by atoms with E-state index in [2.05, 4.69) is 104 Å². The Kier molecular flexibility index (Phi) is 14.6. The summed E-state index contributed by atoms with van der Waals surface area (Å²) in [6, 6.07) is 33.4. The third kappa shape index (κ3) is 12.3. The van der Waals surface area contributed by atoms with Crippen LogP contribution in [0.3, 0.4) is 0 Å². The number of nitrogens with zero attached hydrogens (tertiary/aromatic N) is 1. The number of allylic oxidation sites excluding steroid dienone is 1. The lowest BCUT2D eigenvalue weighted by molar-refractivity contribution is -0.966. The van der Waals surface area contributed by atoms with Crippen molar-refractivity contribution in [3.05, 3.63) is 120 Å². The van der Waals surface area contributed by atoms with Gasteiger partial charge in [-0.1, -0.05) is 155 Å².